The van der Waals surface area contributed by atoms with E-state index in [4.69, 9.17) is 0 Å². The lowest BCUT2D eigenvalue weighted by atomic mass is 10.1. The first-order valence-electron chi connectivity index (χ1n) is 7.93. The van der Waals surface area contributed by atoms with Gasteiger partial charge >= 0.3 is 0 Å². The first-order chi connectivity index (χ1) is 9.15. The molecule has 0 N–H and O–H groups in total. The molecular formula is C16H31N3. The van der Waals surface area contributed by atoms with E-state index in [1.807, 2.05) is 0 Å². The second kappa shape index (κ2) is 7.41. The van der Waals surface area contributed by atoms with E-state index in [1.54, 1.807) is 0 Å². The Bertz CT molecular complexity index is 288. The summed E-state index contributed by atoms with van der Waals surface area (Å²) >= 11 is 0. The van der Waals surface area contributed by atoms with Crippen LogP contribution < -0.4 is 0 Å². The number of hydrogen-bond donors (Lipinski definition) is 0. The molecule has 0 radical (unpaired) electrons. The summed E-state index contributed by atoms with van der Waals surface area (Å²) in [6, 6.07) is 0.793. The van der Waals surface area contributed by atoms with E-state index in [0.717, 1.165) is 12.6 Å². The molecule has 0 aliphatic carbocycles. The second-order valence-electron chi connectivity index (χ2n) is 6.53. The van der Waals surface area contributed by atoms with Crippen molar-refractivity contribution in [2.75, 3.05) is 52.9 Å². The zero-order chi connectivity index (χ0) is 13.7. The van der Waals surface area contributed by atoms with E-state index in [-0.39, 0.29) is 0 Å². The Morgan fingerprint density at radius 1 is 1.05 bits per heavy atom. The lowest BCUT2D eigenvalue weighted by Crippen LogP contribution is -2.51. The molecule has 0 bridgehead atoms. The number of hydrogen-bond acceptors (Lipinski definition) is 3. The normalized spacial score (nSPS) is 28.1. The minimum absolute atomic E-state index is 0.793. The molecule has 3 nitrogen and oxygen atoms in total. The third kappa shape index (κ3) is 4.90. The molecule has 2 rings (SSSR count). The predicted octanol–water partition coefficient (Wildman–Crippen LogP) is 2.05. The average Bonchev–Trinajstić information content (AvgIpc) is 2.63. The van der Waals surface area contributed by atoms with E-state index < -0.39 is 0 Å². The number of allylic oxidation sites excluding steroid dienone is 1. The van der Waals surface area contributed by atoms with Crippen LogP contribution in [0.4, 0.5) is 0 Å². The van der Waals surface area contributed by atoms with E-state index in [2.05, 4.69) is 41.7 Å². The maximum atomic E-state index is 2.74. The molecule has 2 aliphatic rings. The second-order valence-corrected chi connectivity index (χ2v) is 6.53. The van der Waals surface area contributed by atoms with Gasteiger partial charge in [0.05, 0.1) is 0 Å². The molecule has 2 aliphatic heterocycles. The van der Waals surface area contributed by atoms with Crippen molar-refractivity contribution < 1.29 is 0 Å². The molecule has 0 aromatic rings. The predicted molar refractivity (Wildman–Crippen MR) is 82.6 cm³/mol. The zero-order valence-electron chi connectivity index (χ0n) is 13.1. The molecule has 3 heteroatoms. The largest absolute Gasteiger partial charge is 0.304 e. The van der Waals surface area contributed by atoms with Gasteiger partial charge in [-0.2, -0.15) is 0 Å². The van der Waals surface area contributed by atoms with Crippen LogP contribution in [0.2, 0.25) is 0 Å². The molecular weight excluding hydrogens is 234 g/mol. The summed E-state index contributed by atoms with van der Waals surface area (Å²) in [4.78, 5) is 7.85. The van der Waals surface area contributed by atoms with Gasteiger partial charge in [-0.3, -0.25) is 9.80 Å². The van der Waals surface area contributed by atoms with Gasteiger partial charge in [-0.1, -0.05) is 18.1 Å². The molecule has 1 atom stereocenters. The number of nitrogens with zero attached hydrogens (tertiary/aromatic N) is 3. The van der Waals surface area contributed by atoms with Crippen LogP contribution in [0.1, 0.15) is 33.1 Å². The standard InChI is InChI=1S/C16H31N3/c1-15(2)7-9-18-8-5-4-6-16(14-18)19-12-10-17(3)11-13-19/h7,16H,4-6,8-14H2,1-3H3/t16-/m0/s1. The van der Waals surface area contributed by atoms with Crippen molar-refractivity contribution in [3.8, 4) is 0 Å². The van der Waals surface area contributed by atoms with Crippen molar-refractivity contribution in [3.05, 3.63) is 11.6 Å². The minimum Gasteiger partial charge on any atom is -0.304 e. The van der Waals surface area contributed by atoms with Gasteiger partial charge in [0, 0.05) is 45.3 Å². The Hall–Kier alpha value is -0.380. The maximum absolute atomic E-state index is 2.74. The molecule has 0 amide bonds. The van der Waals surface area contributed by atoms with Crippen molar-refractivity contribution in [1.82, 2.24) is 14.7 Å². The minimum atomic E-state index is 0.793. The Morgan fingerprint density at radius 2 is 1.79 bits per heavy atom. The maximum Gasteiger partial charge on any atom is 0.0224 e. The number of likely N-dealkylation sites (N-methyl/N-ethyl adjacent to an activating group) is 1. The average molecular weight is 265 g/mol. The summed E-state index contributed by atoms with van der Waals surface area (Å²) in [6.45, 7) is 13.1. The Morgan fingerprint density at radius 3 is 2.47 bits per heavy atom. The monoisotopic (exact) mass is 265 g/mol. The number of piperazine rings is 1. The molecule has 19 heavy (non-hydrogen) atoms. The van der Waals surface area contributed by atoms with E-state index in [0.29, 0.717) is 0 Å². The molecule has 0 aromatic carbocycles. The summed E-state index contributed by atoms with van der Waals surface area (Å²) < 4.78 is 0. The van der Waals surface area contributed by atoms with Crippen molar-refractivity contribution in [3.63, 3.8) is 0 Å². The fourth-order valence-corrected chi connectivity index (χ4v) is 3.16. The van der Waals surface area contributed by atoms with E-state index in [9.17, 15) is 0 Å². The van der Waals surface area contributed by atoms with Crippen LogP contribution in [0.15, 0.2) is 11.6 Å². The van der Waals surface area contributed by atoms with E-state index >= 15 is 0 Å². The first-order valence-corrected chi connectivity index (χ1v) is 7.93. The van der Waals surface area contributed by atoms with Gasteiger partial charge in [0.2, 0.25) is 0 Å². The fraction of sp³-hybridized carbons (Fsp3) is 0.875. The summed E-state index contributed by atoms with van der Waals surface area (Å²) in [6.07, 6.45) is 6.56. The highest BCUT2D eigenvalue weighted by Crippen LogP contribution is 2.17. The summed E-state index contributed by atoms with van der Waals surface area (Å²) in [5.74, 6) is 0. The molecule has 2 fully saturated rings. The van der Waals surface area contributed by atoms with Gasteiger partial charge in [0.1, 0.15) is 0 Å². The highest BCUT2D eigenvalue weighted by Gasteiger charge is 2.25. The molecule has 0 spiro atoms. The van der Waals surface area contributed by atoms with Crippen LogP contribution >= 0.6 is 0 Å². The number of likely N-dealkylation sites (tertiary alicyclic amines) is 1. The van der Waals surface area contributed by atoms with Crippen molar-refractivity contribution in [2.45, 2.75) is 39.2 Å². The van der Waals surface area contributed by atoms with Crippen LogP contribution in [0.5, 0.6) is 0 Å². The van der Waals surface area contributed by atoms with Gasteiger partial charge in [-0.05, 0) is 40.3 Å². The van der Waals surface area contributed by atoms with Gasteiger partial charge < -0.3 is 4.90 Å². The molecule has 2 heterocycles. The Kier molecular flexibility index (Phi) is 5.86. The highest BCUT2D eigenvalue weighted by molar-refractivity contribution is 4.96. The summed E-state index contributed by atoms with van der Waals surface area (Å²) in [5.41, 5.74) is 1.44. The molecule has 0 aromatic heterocycles. The van der Waals surface area contributed by atoms with Crippen molar-refractivity contribution >= 4 is 0 Å². The van der Waals surface area contributed by atoms with Crippen LogP contribution in [0, 0.1) is 0 Å². The quantitative estimate of drug-likeness (QED) is 0.723. The Balaban J connectivity index is 1.87. The van der Waals surface area contributed by atoms with E-state index in [1.165, 1.54) is 64.1 Å². The van der Waals surface area contributed by atoms with Crippen LogP contribution in [0.3, 0.4) is 0 Å². The zero-order valence-corrected chi connectivity index (χ0v) is 13.1. The highest BCUT2D eigenvalue weighted by atomic mass is 15.3. The van der Waals surface area contributed by atoms with Gasteiger partial charge in [0.25, 0.3) is 0 Å². The smallest absolute Gasteiger partial charge is 0.0224 e. The lowest BCUT2D eigenvalue weighted by molar-refractivity contribution is 0.0912. The first kappa shape index (κ1) is 15.0. The lowest BCUT2D eigenvalue weighted by Gasteiger charge is -2.39. The van der Waals surface area contributed by atoms with Gasteiger partial charge in [0.15, 0.2) is 0 Å². The van der Waals surface area contributed by atoms with Gasteiger partial charge in [-0.25, -0.2) is 0 Å². The summed E-state index contributed by atoms with van der Waals surface area (Å²) in [5, 5.41) is 0. The van der Waals surface area contributed by atoms with Crippen LogP contribution in [0.25, 0.3) is 0 Å². The van der Waals surface area contributed by atoms with Crippen LogP contribution in [-0.2, 0) is 0 Å². The third-order valence-corrected chi connectivity index (χ3v) is 4.54. The van der Waals surface area contributed by atoms with Crippen LogP contribution in [-0.4, -0.2) is 73.6 Å². The molecule has 2 saturated heterocycles. The van der Waals surface area contributed by atoms with Gasteiger partial charge in [-0.15, -0.1) is 0 Å². The molecule has 110 valence electrons. The van der Waals surface area contributed by atoms with Crippen molar-refractivity contribution in [1.29, 1.82) is 0 Å². The van der Waals surface area contributed by atoms with Crippen molar-refractivity contribution in [2.24, 2.45) is 0 Å². The summed E-state index contributed by atoms with van der Waals surface area (Å²) in [7, 11) is 2.24. The molecule has 0 saturated carbocycles. The number of rotatable bonds is 3. The SMILES string of the molecule is CC(C)=CCN1CCCC[C@H](N2CCN(C)CC2)C1. The Labute approximate surface area is 119 Å². The third-order valence-electron chi connectivity index (χ3n) is 4.54. The topological polar surface area (TPSA) is 9.72 Å². The molecule has 0 unspecified atom stereocenters. The fourth-order valence-electron chi connectivity index (χ4n) is 3.16.